The number of aliphatic hydroxyl groups is 2. The second-order valence-corrected chi connectivity index (χ2v) is 3.98. The van der Waals surface area contributed by atoms with Crippen molar-refractivity contribution in [1.82, 2.24) is 0 Å². The molecule has 0 aromatic rings. The smallest absolute Gasteiger partial charge is 0.331 e. The van der Waals surface area contributed by atoms with E-state index < -0.39 is 18.0 Å². The SMILES string of the molecule is C=C(CC(O)CC)C(=O)O.C=CC(=O)OCCCCO. The Morgan fingerprint density at radius 3 is 2.35 bits per heavy atom. The summed E-state index contributed by atoms with van der Waals surface area (Å²) in [7, 11) is 0. The molecule has 0 spiro atoms. The molecule has 0 radical (unpaired) electrons. The van der Waals surface area contributed by atoms with Crippen LogP contribution in [0.2, 0.25) is 0 Å². The summed E-state index contributed by atoms with van der Waals surface area (Å²) in [4.78, 5) is 20.5. The summed E-state index contributed by atoms with van der Waals surface area (Å²) in [6.07, 6.45) is 2.65. The fraction of sp³-hybridized carbons (Fsp3) is 0.571. The Bertz CT molecular complexity index is 311. The maximum atomic E-state index is 10.4. The zero-order valence-corrected chi connectivity index (χ0v) is 11.9. The van der Waals surface area contributed by atoms with Gasteiger partial charge in [-0.05, 0) is 19.3 Å². The first-order valence-electron chi connectivity index (χ1n) is 6.38. The number of rotatable bonds is 9. The van der Waals surface area contributed by atoms with Gasteiger partial charge in [0.05, 0.1) is 12.7 Å². The van der Waals surface area contributed by atoms with Gasteiger partial charge in [0, 0.05) is 24.7 Å². The minimum absolute atomic E-state index is 0.0642. The van der Waals surface area contributed by atoms with Crippen molar-refractivity contribution in [1.29, 1.82) is 0 Å². The molecule has 0 aliphatic heterocycles. The quantitative estimate of drug-likeness (QED) is 0.335. The number of aliphatic hydroxyl groups excluding tert-OH is 2. The molecular weight excluding hydrogens is 264 g/mol. The van der Waals surface area contributed by atoms with Crippen LogP contribution in [0.1, 0.15) is 32.6 Å². The third-order valence-corrected chi connectivity index (χ3v) is 2.22. The van der Waals surface area contributed by atoms with E-state index in [1.165, 1.54) is 0 Å². The van der Waals surface area contributed by atoms with Crippen LogP contribution in [0, 0.1) is 0 Å². The normalized spacial score (nSPS) is 10.8. The highest BCUT2D eigenvalue weighted by atomic mass is 16.5. The van der Waals surface area contributed by atoms with E-state index in [1.807, 2.05) is 0 Å². The molecule has 0 fully saturated rings. The second-order valence-electron chi connectivity index (χ2n) is 3.98. The minimum Gasteiger partial charge on any atom is -0.478 e. The van der Waals surface area contributed by atoms with Gasteiger partial charge in [0.15, 0.2) is 0 Å². The van der Waals surface area contributed by atoms with Crippen LogP contribution in [0.4, 0.5) is 0 Å². The molecule has 116 valence electrons. The van der Waals surface area contributed by atoms with E-state index >= 15 is 0 Å². The van der Waals surface area contributed by atoms with Crippen molar-refractivity contribution in [3.05, 3.63) is 24.8 Å². The Morgan fingerprint density at radius 1 is 1.35 bits per heavy atom. The van der Waals surface area contributed by atoms with Crippen LogP contribution in [-0.2, 0) is 14.3 Å². The lowest BCUT2D eigenvalue weighted by Gasteiger charge is -2.05. The number of ether oxygens (including phenoxy) is 1. The summed E-state index contributed by atoms with van der Waals surface area (Å²) < 4.78 is 4.63. The molecule has 0 amide bonds. The number of carbonyl (C=O) groups excluding carboxylic acids is 1. The number of esters is 1. The average Bonchev–Trinajstić information content (AvgIpc) is 2.43. The van der Waals surface area contributed by atoms with Gasteiger partial charge in [-0.25, -0.2) is 9.59 Å². The molecule has 6 heteroatoms. The molecule has 0 bridgehead atoms. The summed E-state index contributed by atoms with van der Waals surface area (Å²) >= 11 is 0. The summed E-state index contributed by atoms with van der Waals surface area (Å²) in [5, 5.41) is 25.6. The van der Waals surface area contributed by atoms with E-state index in [9.17, 15) is 9.59 Å². The number of hydrogen-bond donors (Lipinski definition) is 3. The molecule has 0 saturated heterocycles. The molecule has 0 rings (SSSR count). The van der Waals surface area contributed by atoms with E-state index in [0.717, 1.165) is 6.08 Å². The predicted octanol–water partition coefficient (Wildman–Crippen LogP) is 1.28. The van der Waals surface area contributed by atoms with Gasteiger partial charge < -0.3 is 20.1 Å². The van der Waals surface area contributed by atoms with Crippen LogP contribution >= 0.6 is 0 Å². The third-order valence-electron chi connectivity index (χ3n) is 2.22. The lowest BCUT2D eigenvalue weighted by molar-refractivity contribution is -0.138. The number of carboxylic acids is 1. The Morgan fingerprint density at radius 2 is 1.95 bits per heavy atom. The van der Waals surface area contributed by atoms with E-state index in [2.05, 4.69) is 17.9 Å². The number of hydrogen-bond acceptors (Lipinski definition) is 5. The fourth-order valence-corrected chi connectivity index (χ4v) is 0.962. The van der Waals surface area contributed by atoms with Gasteiger partial charge in [0.1, 0.15) is 0 Å². The minimum atomic E-state index is -1.03. The molecule has 20 heavy (non-hydrogen) atoms. The second kappa shape index (κ2) is 13.8. The van der Waals surface area contributed by atoms with Crippen LogP contribution in [0.15, 0.2) is 24.8 Å². The fourth-order valence-electron chi connectivity index (χ4n) is 0.962. The van der Waals surface area contributed by atoms with E-state index in [4.69, 9.17) is 15.3 Å². The summed E-state index contributed by atoms with van der Waals surface area (Å²) in [5.74, 6) is -1.44. The van der Waals surface area contributed by atoms with Crippen molar-refractivity contribution >= 4 is 11.9 Å². The number of carboxylic acid groups (broad SMARTS) is 1. The van der Waals surface area contributed by atoms with Crippen LogP contribution < -0.4 is 0 Å². The van der Waals surface area contributed by atoms with Gasteiger partial charge in [-0.2, -0.15) is 0 Å². The molecule has 1 atom stereocenters. The highest BCUT2D eigenvalue weighted by molar-refractivity contribution is 5.85. The first-order valence-corrected chi connectivity index (χ1v) is 6.38. The highest BCUT2D eigenvalue weighted by Gasteiger charge is 2.08. The van der Waals surface area contributed by atoms with Crippen LogP contribution in [0.3, 0.4) is 0 Å². The molecule has 0 saturated carbocycles. The lowest BCUT2D eigenvalue weighted by atomic mass is 10.1. The first kappa shape index (κ1) is 20.7. The van der Waals surface area contributed by atoms with Crippen molar-refractivity contribution < 1.29 is 29.6 Å². The Kier molecular flexibility index (Phi) is 14.2. The van der Waals surface area contributed by atoms with Gasteiger partial charge in [-0.15, -0.1) is 0 Å². The molecule has 0 aromatic carbocycles. The maximum Gasteiger partial charge on any atom is 0.331 e. The van der Waals surface area contributed by atoms with Crippen LogP contribution in [0.5, 0.6) is 0 Å². The highest BCUT2D eigenvalue weighted by Crippen LogP contribution is 2.05. The topological polar surface area (TPSA) is 104 Å². The zero-order valence-electron chi connectivity index (χ0n) is 11.9. The molecule has 1 unspecified atom stereocenters. The monoisotopic (exact) mass is 288 g/mol. The van der Waals surface area contributed by atoms with Gasteiger partial charge in [0.2, 0.25) is 0 Å². The van der Waals surface area contributed by atoms with Crippen LogP contribution in [-0.4, -0.2) is 46.6 Å². The Balaban J connectivity index is 0. The average molecular weight is 288 g/mol. The van der Waals surface area contributed by atoms with Gasteiger partial charge in [-0.1, -0.05) is 20.1 Å². The molecule has 0 aliphatic carbocycles. The molecule has 0 aliphatic rings. The molecule has 0 heterocycles. The lowest BCUT2D eigenvalue weighted by Crippen LogP contribution is -2.10. The predicted molar refractivity (Wildman–Crippen MR) is 75.2 cm³/mol. The van der Waals surface area contributed by atoms with Crippen molar-refractivity contribution in [2.45, 2.75) is 38.7 Å². The van der Waals surface area contributed by atoms with Gasteiger partial charge in [0.25, 0.3) is 0 Å². The van der Waals surface area contributed by atoms with Gasteiger partial charge in [-0.3, -0.25) is 0 Å². The first-order chi connectivity index (χ1) is 9.38. The summed E-state index contributed by atoms with van der Waals surface area (Å²) in [6.45, 7) is 8.82. The standard InChI is InChI=1S/2C7H12O3/c1-3-6(8)4-5(2)7(9)10;1-2-7(9)10-6-4-3-5-8/h6,8H,2-4H2,1H3,(H,9,10);2,8H,1,3-6H2. The number of unbranched alkanes of at least 4 members (excludes halogenated alkanes) is 1. The largest absolute Gasteiger partial charge is 0.478 e. The summed E-state index contributed by atoms with van der Waals surface area (Å²) in [6, 6.07) is 0. The zero-order chi connectivity index (χ0) is 16.0. The molecule has 3 N–H and O–H groups in total. The van der Waals surface area contributed by atoms with Crippen molar-refractivity contribution in [3.8, 4) is 0 Å². The van der Waals surface area contributed by atoms with Crippen molar-refractivity contribution in [3.63, 3.8) is 0 Å². The number of aliphatic carboxylic acids is 1. The van der Waals surface area contributed by atoms with Crippen molar-refractivity contribution in [2.24, 2.45) is 0 Å². The number of carbonyl (C=O) groups is 2. The third kappa shape index (κ3) is 14.4. The van der Waals surface area contributed by atoms with Crippen molar-refractivity contribution in [2.75, 3.05) is 13.2 Å². The van der Waals surface area contributed by atoms with E-state index in [1.54, 1.807) is 6.92 Å². The van der Waals surface area contributed by atoms with Crippen LogP contribution in [0.25, 0.3) is 0 Å². The van der Waals surface area contributed by atoms with Gasteiger partial charge >= 0.3 is 11.9 Å². The van der Waals surface area contributed by atoms with E-state index in [-0.39, 0.29) is 18.6 Å². The Hall–Kier alpha value is -1.66. The molecule has 6 nitrogen and oxygen atoms in total. The summed E-state index contributed by atoms with van der Waals surface area (Å²) in [5.41, 5.74) is 0.0642. The molecule has 0 aromatic heterocycles. The molecular formula is C14H24O6. The van der Waals surface area contributed by atoms with E-state index in [0.29, 0.717) is 25.9 Å². The Labute approximate surface area is 119 Å². The maximum absolute atomic E-state index is 10.4.